The van der Waals surface area contributed by atoms with Gasteiger partial charge in [-0.2, -0.15) is 0 Å². The largest absolute Gasteiger partial charge is 0.396 e. The summed E-state index contributed by atoms with van der Waals surface area (Å²) in [7, 11) is -1.14. The smallest absolute Gasteiger partial charge is 0.232 e. The molecule has 0 saturated heterocycles. The van der Waals surface area contributed by atoms with Gasteiger partial charge in [0.1, 0.15) is 5.75 Å². The first-order valence-corrected chi connectivity index (χ1v) is 6.34. The number of rotatable bonds is 7. The molecule has 0 aliphatic heterocycles. The fourth-order valence-corrected chi connectivity index (χ4v) is 1.83. The molecule has 0 spiro atoms. The molecular formula is C9H19NO3S. The highest BCUT2D eigenvalue weighted by molar-refractivity contribution is 7.85. The second kappa shape index (κ2) is 7.94. The summed E-state index contributed by atoms with van der Waals surface area (Å²) in [6, 6.07) is 0.136. The molecule has 0 aromatic heterocycles. The fourth-order valence-electron chi connectivity index (χ4n) is 0.862. The van der Waals surface area contributed by atoms with Crippen molar-refractivity contribution in [2.45, 2.75) is 32.7 Å². The number of aliphatic hydroxyl groups excluding tert-OH is 1. The van der Waals surface area contributed by atoms with Crippen molar-refractivity contribution in [1.82, 2.24) is 5.32 Å². The lowest BCUT2D eigenvalue weighted by Crippen LogP contribution is -2.35. The zero-order chi connectivity index (χ0) is 11.0. The van der Waals surface area contributed by atoms with Gasteiger partial charge in [0.25, 0.3) is 0 Å². The van der Waals surface area contributed by atoms with E-state index in [1.165, 1.54) is 0 Å². The molecule has 5 heteroatoms. The predicted octanol–water partition coefficient (Wildman–Crippen LogP) is 0.0322. The Hall–Kier alpha value is -0.420. The standard InChI is InChI=1S/C9H19NO3S/c1-3-8(2)10-9(12)7-14(13)6-4-5-11/h8,11H,3-7H2,1-2H3,(H,10,12). The molecule has 0 saturated carbocycles. The summed E-state index contributed by atoms with van der Waals surface area (Å²) in [6.45, 7) is 3.92. The summed E-state index contributed by atoms with van der Waals surface area (Å²) in [5.74, 6) is 0.269. The summed E-state index contributed by atoms with van der Waals surface area (Å²) in [5.41, 5.74) is 0. The SMILES string of the molecule is CCC(C)NC(=O)CS(=O)CCCO. The van der Waals surface area contributed by atoms with Crippen LogP contribution in [0.15, 0.2) is 0 Å². The lowest BCUT2D eigenvalue weighted by molar-refractivity contribution is -0.119. The van der Waals surface area contributed by atoms with Crippen LogP contribution in [0.1, 0.15) is 26.7 Å². The molecule has 0 rings (SSSR count). The minimum atomic E-state index is -1.14. The Morgan fingerprint density at radius 3 is 2.71 bits per heavy atom. The Balaban J connectivity index is 3.66. The van der Waals surface area contributed by atoms with Gasteiger partial charge in [-0.05, 0) is 19.8 Å². The van der Waals surface area contributed by atoms with E-state index in [2.05, 4.69) is 5.32 Å². The molecule has 2 atom stereocenters. The van der Waals surface area contributed by atoms with Crippen LogP contribution in [0.3, 0.4) is 0 Å². The minimum absolute atomic E-state index is 0.0265. The fraction of sp³-hybridized carbons (Fsp3) is 0.889. The van der Waals surface area contributed by atoms with Crippen LogP contribution in [-0.4, -0.2) is 39.4 Å². The maximum absolute atomic E-state index is 11.2. The van der Waals surface area contributed by atoms with Crippen LogP contribution in [0.5, 0.6) is 0 Å². The van der Waals surface area contributed by atoms with Gasteiger partial charge < -0.3 is 10.4 Å². The predicted molar refractivity (Wildman–Crippen MR) is 57.5 cm³/mol. The maximum atomic E-state index is 11.2. The highest BCUT2D eigenvalue weighted by Gasteiger charge is 2.09. The van der Waals surface area contributed by atoms with Gasteiger partial charge in [-0.15, -0.1) is 0 Å². The summed E-state index contributed by atoms with van der Waals surface area (Å²) >= 11 is 0. The van der Waals surface area contributed by atoms with Crippen LogP contribution in [0.4, 0.5) is 0 Å². The average Bonchev–Trinajstić information content (AvgIpc) is 2.14. The third-order valence-electron chi connectivity index (χ3n) is 1.84. The molecule has 0 bridgehead atoms. The van der Waals surface area contributed by atoms with Crippen LogP contribution in [-0.2, 0) is 15.6 Å². The quantitative estimate of drug-likeness (QED) is 0.637. The summed E-state index contributed by atoms with van der Waals surface area (Å²) in [5, 5.41) is 11.2. The summed E-state index contributed by atoms with van der Waals surface area (Å²) < 4.78 is 11.2. The monoisotopic (exact) mass is 221 g/mol. The highest BCUT2D eigenvalue weighted by Crippen LogP contribution is 1.91. The van der Waals surface area contributed by atoms with E-state index in [4.69, 9.17) is 5.11 Å². The van der Waals surface area contributed by atoms with Gasteiger partial charge in [0, 0.05) is 29.2 Å². The first-order valence-electron chi connectivity index (χ1n) is 4.85. The van der Waals surface area contributed by atoms with Gasteiger partial charge in [-0.3, -0.25) is 9.00 Å². The topological polar surface area (TPSA) is 66.4 Å². The van der Waals surface area contributed by atoms with Crippen molar-refractivity contribution in [3.8, 4) is 0 Å². The first kappa shape index (κ1) is 13.6. The van der Waals surface area contributed by atoms with E-state index in [0.717, 1.165) is 6.42 Å². The number of carbonyl (C=O) groups excluding carboxylic acids is 1. The van der Waals surface area contributed by atoms with Crippen LogP contribution >= 0.6 is 0 Å². The number of amides is 1. The summed E-state index contributed by atoms with van der Waals surface area (Å²) in [6.07, 6.45) is 1.36. The Labute approximate surface area is 87.5 Å². The molecule has 0 aliphatic rings. The molecular weight excluding hydrogens is 202 g/mol. The van der Waals surface area contributed by atoms with Gasteiger partial charge in [-0.1, -0.05) is 6.92 Å². The van der Waals surface area contributed by atoms with Crippen molar-refractivity contribution in [3.63, 3.8) is 0 Å². The van der Waals surface area contributed by atoms with Gasteiger partial charge in [0.15, 0.2) is 0 Å². The van der Waals surface area contributed by atoms with Crippen molar-refractivity contribution in [2.24, 2.45) is 0 Å². The number of nitrogens with one attached hydrogen (secondary N) is 1. The van der Waals surface area contributed by atoms with Crippen LogP contribution in [0.2, 0.25) is 0 Å². The van der Waals surface area contributed by atoms with Gasteiger partial charge in [0.05, 0.1) is 0 Å². The Kier molecular flexibility index (Phi) is 7.70. The van der Waals surface area contributed by atoms with Crippen molar-refractivity contribution >= 4 is 16.7 Å². The molecule has 14 heavy (non-hydrogen) atoms. The molecule has 1 amide bonds. The van der Waals surface area contributed by atoms with Gasteiger partial charge in [-0.25, -0.2) is 0 Å². The third kappa shape index (κ3) is 7.03. The third-order valence-corrected chi connectivity index (χ3v) is 3.17. The molecule has 0 aromatic carbocycles. The van der Waals surface area contributed by atoms with E-state index in [0.29, 0.717) is 12.2 Å². The molecule has 0 aromatic rings. The Morgan fingerprint density at radius 1 is 1.57 bits per heavy atom. The van der Waals surface area contributed by atoms with Crippen molar-refractivity contribution in [1.29, 1.82) is 0 Å². The van der Waals surface area contributed by atoms with E-state index in [1.54, 1.807) is 0 Å². The molecule has 2 N–H and O–H groups in total. The zero-order valence-corrected chi connectivity index (χ0v) is 9.60. The first-order chi connectivity index (χ1) is 6.60. The summed E-state index contributed by atoms with van der Waals surface area (Å²) in [4.78, 5) is 11.2. The molecule has 2 unspecified atom stereocenters. The maximum Gasteiger partial charge on any atom is 0.232 e. The van der Waals surface area contributed by atoms with Crippen LogP contribution < -0.4 is 5.32 Å². The molecule has 0 radical (unpaired) electrons. The zero-order valence-electron chi connectivity index (χ0n) is 8.78. The van der Waals surface area contributed by atoms with Gasteiger partial charge >= 0.3 is 0 Å². The van der Waals surface area contributed by atoms with Crippen LogP contribution in [0, 0.1) is 0 Å². The molecule has 0 aliphatic carbocycles. The van der Waals surface area contributed by atoms with E-state index in [1.807, 2.05) is 13.8 Å². The van der Waals surface area contributed by atoms with Gasteiger partial charge in [0.2, 0.25) is 5.91 Å². The lowest BCUT2D eigenvalue weighted by Gasteiger charge is -2.10. The number of hydrogen-bond donors (Lipinski definition) is 2. The molecule has 4 nitrogen and oxygen atoms in total. The molecule has 0 fully saturated rings. The number of carbonyl (C=O) groups is 1. The number of hydrogen-bond acceptors (Lipinski definition) is 3. The molecule has 0 heterocycles. The van der Waals surface area contributed by atoms with Crippen molar-refractivity contribution in [2.75, 3.05) is 18.1 Å². The second-order valence-electron chi connectivity index (χ2n) is 3.24. The van der Waals surface area contributed by atoms with Crippen molar-refractivity contribution in [3.05, 3.63) is 0 Å². The Bertz CT molecular complexity index is 196. The van der Waals surface area contributed by atoms with E-state index >= 15 is 0 Å². The minimum Gasteiger partial charge on any atom is -0.396 e. The van der Waals surface area contributed by atoms with E-state index < -0.39 is 10.8 Å². The van der Waals surface area contributed by atoms with E-state index in [-0.39, 0.29) is 24.3 Å². The lowest BCUT2D eigenvalue weighted by atomic mass is 10.3. The van der Waals surface area contributed by atoms with E-state index in [9.17, 15) is 9.00 Å². The van der Waals surface area contributed by atoms with Crippen LogP contribution in [0.25, 0.3) is 0 Å². The molecule has 84 valence electrons. The Morgan fingerprint density at radius 2 is 2.21 bits per heavy atom. The highest BCUT2D eigenvalue weighted by atomic mass is 32.2. The second-order valence-corrected chi connectivity index (χ2v) is 4.82. The average molecular weight is 221 g/mol. The normalized spacial score (nSPS) is 14.8. The number of aliphatic hydroxyl groups is 1. The van der Waals surface area contributed by atoms with Crippen molar-refractivity contribution < 1.29 is 14.1 Å².